The zero-order valence-corrected chi connectivity index (χ0v) is 20.0. The molecule has 1 rings (SSSR count). The molecule has 0 spiro atoms. The average molecular weight is 442 g/mol. The summed E-state index contributed by atoms with van der Waals surface area (Å²) in [6.07, 6.45) is 17.2. The van der Waals surface area contributed by atoms with Crippen LogP contribution >= 0.6 is 0 Å². The summed E-state index contributed by atoms with van der Waals surface area (Å²) in [5, 5.41) is 9.13. The molecule has 1 saturated heterocycles. The maximum atomic E-state index is 12.1. The van der Waals surface area contributed by atoms with Gasteiger partial charge in [0.2, 0.25) is 0 Å². The van der Waals surface area contributed by atoms with Gasteiger partial charge in [-0.15, -0.1) is 0 Å². The Labute approximate surface area is 189 Å². The molecular weight excluding hydrogens is 394 g/mol. The van der Waals surface area contributed by atoms with E-state index >= 15 is 0 Å². The van der Waals surface area contributed by atoms with E-state index < -0.39 is 18.6 Å². The highest BCUT2D eigenvalue weighted by atomic mass is 16.6. The van der Waals surface area contributed by atoms with E-state index in [4.69, 9.17) is 20.3 Å². The van der Waals surface area contributed by atoms with E-state index in [-0.39, 0.29) is 24.1 Å². The Morgan fingerprint density at radius 2 is 1.52 bits per heavy atom. The lowest BCUT2D eigenvalue weighted by Crippen LogP contribution is -2.48. The van der Waals surface area contributed by atoms with Crippen LogP contribution in [0, 0.1) is 5.92 Å². The fourth-order valence-corrected chi connectivity index (χ4v) is 4.20. The Kier molecular flexibility index (Phi) is 15.7. The highest BCUT2D eigenvalue weighted by Crippen LogP contribution is 2.32. The Morgan fingerprint density at radius 3 is 2.06 bits per heavy atom. The van der Waals surface area contributed by atoms with E-state index in [2.05, 4.69) is 13.8 Å². The van der Waals surface area contributed by atoms with E-state index in [1.54, 1.807) is 0 Å². The molecule has 0 aromatic carbocycles. The predicted molar refractivity (Wildman–Crippen MR) is 124 cm³/mol. The fourth-order valence-electron chi connectivity index (χ4n) is 4.20. The van der Waals surface area contributed by atoms with Crippen molar-refractivity contribution in [3.63, 3.8) is 0 Å². The molecule has 0 unspecified atom stereocenters. The van der Waals surface area contributed by atoms with E-state index in [1.807, 2.05) is 0 Å². The van der Waals surface area contributed by atoms with Crippen molar-refractivity contribution >= 4 is 11.9 Å². The summed E-state index contributed by atoms with van der Waals surface area (Å²) in [5.41, 5.74) is 5.62. The number of aliphatic hydroxyl groups is 1. The number of ether oxygens (including phenoxy) is 2. The molecule has 182 valence electrons. The maximum absolute atomic E-state index is 12.1. The van der Waals surface area contributed by atoms with Gasteiger partial charge in [-0.2, -0.15) is 0 Å². The lowest BCUT2D eigenvalue weighted by molar-refractivity contribution is -0.190. The first-order valence-corrected chi connectivity index (χ1v) is 12.8. The molecule has 0 bridgehead atoms. The number of hydrogen-bond acceptors (Lipinski definition) is 6. The molecule has 0 aromatic heterocycles. The van der Waals surface area contributed by atoms with E-state index in [0.717, 1.165) is 38.5 Å². The lowest BCUT2D eigenvalue weighted by atomic mass is 9.86. The first-order valence-electron chi connectivity index (χ1n) is 12.8. The molecule has 31 heavy (non-hydrogen) atoms. The SMILES string of the molecule is CCCCCCCCCCC[C@@H](C[C@@H]1OC(=O)[C@H]1CCCCCC)OC(=O)[C@@H](N)CO. The highest BCUT2D eigenvalue weighted by molar-refractivity contribution is 5.78. The second kappa shape index (κ2) is 17.4. The van der Waals surface area contributed by atoms with Gasteiger partial charge in [0.25, 0.3) is 0 Å². The maximum Gasteiger partial charge on any atom is 0.325 e. The molecule has 0 saturated carbocycles. The Bertz CT molecular complexity index is 485. The van der Waals surface area contributed by atoms with Crippen LogP contribution in [0.5, 0.6) is 0 Å². The fraction of sp³-hybridized carbons (Fsp3) is 0.920. The first-order chi connectivity index (χ1) is 15.0. The van der Waals surface area contributed by atoms with Crippen molar-refractivity contribution in [2.75, 3.05) is 6.61 Å². The Morgan fingerprint density at radius 1 is 0.968 bits per heavy atom. The van der Waals surface area contributed by atoms with Crippen molar-refractivity contribution in [3.8, 4) is 0 Å². The van der Waals surface area contributed by atoms with Gasteiger partial charge in [-0.1, -0.05) is 90.9 Å². The smallest absolute Gasteiger partial charge is 0.325 e. The molecule has 4 atom stereocenters. The van der Waals surface area contributed by atoms with Gasteiger partial charge in [-0.25, -0.2) is 0 Å². The summed E-state index contributed by atoms with van der Waals surface area (Å²) in [5.74, 6) is -0.775. The van der Waals surface area contributed by atoms with Gasteiger partial charge >= 0.3 is 11.9 Å². The molecule has 0 amide bonds. The summed E-state index contributed by atoms with van der Waals surface area (Å²) >= 11 is 0. The Balaban J connectivity index is 2.39. The van der Waals surface area contributed by atoms with Crippen LogP contribution in [0.1, 0.15) is 117 Å². The number of carbonyl (C=O) groups is 2. The van der Waals surface area contributed by atoms with Gasteiger partial charge < -0.3 is 20.3 Å². The monoisotopic (exact) mass is 441 g/mol. The number of aliphatic hydroxyl groups excluding tert-OH is 1. The van der Waals surface area contributed by atoms with Crippen molar-refractivity contribution in [1.82, 2.24) is 0 Å². The topological polar surface area (TPSA) is 98.9 Å². The van der Waals surface area contributed by atoms with E-state index in [1.165, 1.54) is 57.8 Å². The van der Waals surface area contributed by atoms with Crippen molar-refractivity contribution < 1.29 is 24.2 Å². The number of nitrogens with two attached hydrogens (primary N) is 1. The van der Waals surface area contributed by atoms with Crippen molar-refractivity contribution in [2.24, 2.45) is 11.7 Å². The van der Waals surface area contributed by atoms with Gasteiger partial charge in [0.05, 0.1) is 12.5 Å². The summed E-state index contributed by atoms with van der Waals surface area (Å²) in [4.78, 5) is 24.0. The van der Waals surface area contributed by atoms with E-state index in [0.29, 0.717) is 6.42 Å². The standard InChI is InChI=1S/C25H47NO5/c1-3-5-7-9-10-11-12-13-14-16-20(30-25(29)22(26)19-27)18-23-21(24(28)31-23)17-15-8-6-4-2/h20-23,27H,3-19,26H2,1-2H3/t20-,21-,22-,23-/m0/s1. The zero-order chi connectivity index (χ0) is 22.9. The third-order valence-electron chi connectivity index (χ3n) is 6.29. The minimum absolute atomic E-state index is 0.0762. The quantitative estimate of drug-likeness (QED) is 0.203. The lowest BCUT2D eigenvalue weighted by Gasteiger charge is -2.37. The summed E-state index contributed by atoms with van der Waals surface area (Å²) in [6, 6.07) is -1.01. The molecule has 0 aliphatic carbocycles. The highest BCUT2D eigenvalue weighted by Gasteiger charge is 2.43. The van der Waals surface area contributed by atoms with Crippen LogP contribution in [-0.4, -0.2) is 41.9 Å². The molecular formula is C25H47NO5. The van der Waals surface area contributed by atoms with Crippen LogP contribution in [0.4, 0.5) is 0 Å². The minimum atomic E-state index is -1.01. The molecule has 1 fully saturated rings. The van der Waals surface area contributed by atoms with Crippen LogP contribution < -0.4 is 5.73 Å². The number of esters is 2. The number of hydrogen-bond donors (Lipinski definition) is 2. The third-order valence-corrected chi connectivity index (χ3v) is 6.29. The van der Waals surface area contributed by atoms with E-state index in [9.17, 15) is 9.59 Å². The average Bonchev–Trinajstić information content (AvgIpc) is 2.76. The Hall–Kier alpha value is -1.14. The molecule has 1 heterocycles. The minimum Gasteiger partial charge on any atom is -0.461 e. The second-order valence-corrected chi connectivity index (χ2v) is 9.13. The van der Waals surface area contributed by atoms with Crippen LogP contribution in [-0.2, 0) is 19.1 Å². The number of rotatable bonds is 20. The van der Waals surface area contributed by atoms with Crippen LogP contribution in [0.25, 0.3) is 0 Å². The molecule has 1 aliphatic heterocycles. The van der Waals surface area contributed by atoms with Crippen molar-refractivity contribution in [2.45, 2.75) is 135 Å². The number of cyclic esters (lactones) is 1. The normalized spacial score (nSPS) is 20.1. The van der Waals surface area contributed by atoms with Gasteiger partial charge in [-0.05, 0) is 19.3 Å². The summed E-state index contributed by atoms with van der Waals surface area (Å²) < 4.78 is 11.0. The molecule has 0 aromatic rings. The first kappa shape index (κ1) is 27.9. The number of carbonyl (C=O) groups excluding carboxylic acids is 2. The predicted octanol–water partition coefficient (Wildman–Crippen LogP) is 5.04. The molecule has 6 nitrogen and oxygen atoms in total. The molecule has 1 aliphatic rings. The molecule has 6 heteroatoms. The van der Waals surface area contributed by atoms with Gasteiger partial charge in [0.15, 0.2) is 0 Å². The van der Waals surface area contributed by atoms with Crippen molar-refractivity contribution in [3.05, 3.63) is 0 Å². The summed E-state index contributed by atoms with van der Waals surface area (Å²) in [7, 11) is 0. The molecule has 0 radical (unpaired) electrons. The van der Waals surface area contributed by atoms with Gasteiger partial charge in [0.1, 0.15) is 18.2 Å². The van der Waals surface area contributed by atoms with Crippen molar-refractivity contribution in [1.29, 1.82) is 0 Å². The second-order valence-electron chi connectivity index (χ2n) is 9.13. The largest absolute Gasteiger partial charge is 0.461 e. The number of unbranched alkanes of at least 4 members (excludes halogenated alkanes) is 11. The zero-order valence-electron chi connectivity index (χ0n) is 20.0. The van der Waals surface area contributed by atoms with Crippen LogP contribution in [0.3, 0.4) is 0 Å². The van der Waals surface area contributed by atoms with Crippen LogP contribution in [0.15, 0.2) is 0 Å². The van der Waals surface area contributed by atoms with Gasteiger partial charge in [0, 0.05) is 6.42 Å². The molecule has 3 N–H and O–H groups in total. The third kappa shape index (κ3) is 11.9. The van der Waals surface area contributed by atoms with Crippen LogP contribution in [0.2, 0.25) is 0 Å². The van der Waals surface area contributed by atoms with Gasteiger partial charge in [-0.3, -0.25) is 9.59 Å². The summed E-state index contributed by atoms with van der Waals surface area (Å²) in [6.45, 7) is 3.97.